The van der Waals surface area contributed by atoms with Crippen LogP contribution in [-0.4, -0.2) is 47.0 Å². The van der Waals surface area contributed by atoms with Crippen LogP contribution in [0.5, 0.6) is 0 Å². The first-order valence-corrected chi connectivity index (χ1v) is 22.1. The Morgan fingerprint density at radius 3 is 1.67 bits per heavy atom. The van der Waals surface area contributed by atoms with Gasteiger partial charge < -0.3 is 15.4 Å². The van der Waals surface area contributed by atoms with Crippen molar-refractivity contribution in [2.24, 2.45) is 5.41 Å². The highest BCUT2D eigenvalue weighted by Gasteiger charge is 2.36. The van der Waals surface area contributed by atoms with Crippen molar-refractivity contribution in [3.8, 4) is 34.4 Å². The van der Waals surface area contributed by atoms with E-state index in [1.54, 1.807) is 43.4 Å². The van der Waals surface area contributed by atoms with Gasteiger partial charge >= 0.3 is 6.09 Å². The summed E-state index contributed by atoms with van der Waals surface area (Å²) in [4.78, 5) is 21.0. The number of aromatic nitrogens is 2. The first-order valence-electron chi connectivity index (χ1n) is 17.5. The summed E-state index contributed by atoms with van der Waals surface area (Å²) in [6.07, 6.45) is 1.45. The molecule has 6 aromatic rings. The van der Waals surface area contributed by atoms with Crippen LogP contribution < -0.4 is 10.6 Å². The molecule has 0 aliphatic heterocycles. The van der Waals surface area contributed by atoms with E-state index < -0.39 is 48.9 Å². The number of hydrogen-bond acceptors (Lipinski definition) is 13. The van der Waals surface area contributed by atoms with Crippen molar-refractivity contribution in [3.05, 3.63) is 130 Å². The Labute approximate surface area is 360 Å². The van der Waals surface area contributed by atoms with E-state index in [1.807, 2.05) is 32.9 Å². The van der Waals surface area contributed by atoms with E-state index >= 15 is 0 Å². The molecular weight excluding hydrogens is 874 g/mol. The van der Waals surface area contributed by atoms with Crippen LogP contribution in [0.25, 0.3) is 22.3 Å². The third kappa shape index (κ3) is 10.4. The van der Waals surface area contributed by atoms with Crippen LogP contribution in [0.3, 0.4) is 0 Å². The summed E-state index contributed by atoms with van der Waals surface area (Å²) in [7, 11) is -4.94. The van der Waals surface area contributed by atoms with E-state index in [9.17, 15) is 40.9 Å². The van der Waals surface area contributed by atoms with Gasteiger partial charge in [-0.2, -0.15) is 10.5 Å². The van der Waals surface area contributed by atoms with E-state index in [0.29, 0.717) is 28.1 Å². The Balaban J connectivity index is 0.000000267. The molecule has 312 valence electrons. The molecule has 0 bridgehead atoms. The normalized spacial score (nSPS) is 11.8. The fourth-order valence-corrected chi connectivity index (χ4v) is 12.3. The van der Waals surface area contributed by atoms with E-state index in [2.05, 4.69) is 20.6 Å². The standard InChI is InChI=1S/C23H22FN3O4S2.C18H14FN3O2S2.ClH/c1-23(2,3)20(31-22(28)26-4)19-12-17(16-9-6-10-27-18(16)13-25)21(32-19)33(29,30)15-8-5-7-14(24)11-15;1-21-11-13-9-16(15-6-3-7-22-17(15)10-20)18(25-13)26(23,24)14-5-2-4-12(19)8-14;/h5-12,20H,1-4H3,(H,26,28);2-9,21H,11H2,1H3;1H. The number of pyridine rings is 2. The lowest BCUT2D eigenvalue weighted by molar-refractivity contribution is 0.0338. The van der Waals surface area contributed by atoms with E-state index in [0.717, 1.165) is 45.7 Å². The molecule has 0 aliphatic carbocycles. The van der Waals surface area contributed by atoms with E-state index in [1.165, 1.54) is 49.8 Å². The van der Waals surface area contributed by atoms with Gasteiger partial charge in [-0.1, -0.05) is 32.9 Å². The molecule has 6 rings (SSSR count). The summed E-state index contributed by atoms with van der Waals surface area (Å²) in [5.74, 6) is -1.32. The number of rotatable bonds is 10. The quantitative estimate of drug-likeness (QED) is 0.133. The second-order valence-corrected chi connectivity index (χ2v) is 20.2. The van der Waals surface area contributed by atoms with Crippen LogP contribution in [0.2, 0.25) is 0 Å². The summed E-state index contributed by atoms with van der Waals surface area (Å²) in [5, 5.41) is 24.2. The maximum atomic E-state index is 13.8. The molecule has 4 heterocycles. The minimum absolute atomic E-state index is 0. The highest BCUT2D eigenvalue weighted by atomic mass is 35.5. The smallest absolute Gasteiger partial charge is 0.407 e. The molecule has 1 amide bonds. The zero-order chi connectivity index (χ0) is 43.1. The van der Waals surface area contributed by atoms with Gasteiger partial charge in [0.25, 0.3) is 0 Å². The lowest BCUT2D eigenvalue weighted by atomic mass is 9.87. The third-order valence-corrected chi connectivity index (χ3v) is 15.3. The van der Waals surface area contributed by atoms with E-state index in [-0.39, 0.29) is 47.6 Å². The molecule has 2 aromatic carbocycles. The number of thiophene rings is 2. The minimum Gasteiger partial charge on any atom is -0.440 e. The fourth-order valence-electron chi connectivity index (χ4n) is 5.71. The molecule has 19 heteroatoms. The van der Waals surface area contributed by atoms with Crippen LogP contribution >= 0.6 is 35.1 Å². The number of ether oxygens (including phenoxy) is 1. The average Bonchev–Trinajstić information content (AvgIpc) is 3.86. The molecule has 0 aliphatic rings. The first-order chi connectivity index (χ1) is 28.0. The highest BCUT2D eigenvalue weighted by Crippen LogP contribution is 2.46. The molecule has 60 heavy (non-hydrogen) atoms. The van der Waals surface area contributed by atoms with Crippen molar-refractivity contribution in [2.45, 2.75) is 51.6 Å². The molecule has 4 aromatic heterocycles. The monoisotopic (exact) mass is 910 g/mol. The van der Waals surface area contributed by atoms with Crippen LogP contribution in [0.4, 0.5) is 13.6 Å². The maximum Gasteiger partial charge on any atom is 0.407 e. The molecule has 0 saturated carbocycles. The van der Waals surface area contributed by atoms with Crippen molar-refractivity contribution in [1.82, 2.24) is 20.6 Å². The van der Waals surface area contributed by atoms with Crippen LogP contribution in [-0.2, 0) is 31.0 Å². The van der Waals surface area contributed by atoms with Gasteiger partial charge in [0.1, 0.15) is 49.7 Å². The first kappa shape index (κ1) is 47.1. The summed E-state index contributed by atoms with van der Waals surface area (Å²) < 4.78 is 86.3. The summed E-state index contributed by atoms with van der Waals surface area (Å²) in [6, 6.07) is 23.4. The Morgan fingerprint density at radius 1 is 0.750 bits per heavy atom. The van der Waals surface area contributed by atoms with Gasteiger partial charge in [-0.15, -0.1) is 35.1 Å². The van der Waals surface area contributed by atoms with Gasteiger partial charge in [-0.3, -0.25) is 0 Å². The van der Waals surface area contributed by atoms with Crippen molar-refractivity contribution in [3.63, 3.8) is 0 Å². The van der Waals surface area contributed by atoms with E-state index in [4.69, 9.17) is 4.74 Å². The van der Waals surface area contributed by atoms with Crippen LogP contribution in [0.15, 0.2) is 116 Å². The number of hydrogen-bond donors (Lipinski definition) is 2. The molecule has 1 atom stereocenters. The second kappa shape index (κ2) is 19.6. The molecular formula is C41H37ClF2N6O6S4. The maximum absolute atomic E-state index is 13.8. The van der Waals surface area contributed by atoms with Crippen LogP contribution in [0, 0.1) is 39.7 Å². The number of nitriles is 2. The number of carbonyl (C=O) groups excluding carboxylic acids is 1. The number of benzene rings is 2. The molecule has 0 saturated heterocycles. The topological polar surface area (TPSA) is 192 Å². The minimum atomic E-state index is -4.17. The Hall–Kier alpha value is -5.60. The molecule has 2 N–H and O–H groups in total. The predicted octanol–water partition coefficient (Wildman–Crippen LogP) is 8.89. The van der Waals surface area contributed by atoms with Gasteiger partial charge in [0, 0.05) is 63.4 Å². The summed E-state index contributed by atoms with van der Waals surface area (Å²) in [6.45, 7) is 6.03. The lowest BCUT2D eigenvalue weighted by Crippen LogP contribution is -2.28. The Kier molecular flexibility index (Phi) is 15.4. The number of nitrogens with zero attached hydrogens (tertiary/aromatic N) is 4. The zero-order valence-electron chi connectivity index (χ0n) is 32.6. The fraction of sp³-hybridized carbons (Fsp3) is 0.195. The molecule has 0 spiro atoms. The number of nitrogens with one attached hydrogen (secondary N) is 2. The highest BCUT2D eigenvalue weighted by molar-refractivity contribution is 7.94. The van der Waals surface area contributed by atoms with Crippen molar-refractivity contribution < 1.29 is 35.1 Å². The second-order valence-electron chi connectivity index (χ2n) is 13.6. The van der Waals surface area contributed by atoms with Gasteiger partial charge in [-0.25, -0.2) is 40.4 Å². The molecule has 0 fully saturated rings. The zero-order valence-corrected chi connectivity index (χ0v) is 36.6. The predicted molar refractivity (Wildman–Crippen MR) is 226 cm³/mol. The number of carbonyl (C=O) groups is 1. The number of amides is 1. The van der Waals surface area contributed by atoms with Crippen LogP contribution in [0.1, 0.15) is 48.0 Å². The van der Waals surface area contributed by atoms with Gasteiger partial charge in [-0.05, 0) is 79.8 Å². The summed E-state index contributed by atoms with van der Waals surface area (Å²) in [5.41, 5.74) is 0.970. The molecule has 12 nitrogen and oxygen atoms in total. The van der Waals surface area contributed by atoms with Gasteiger partial charge in [0.15, 0.2) is 0 Å². The third-order valence-electron chi connectivity index (χ3n) is 8.40. The number of halogens is 3. The molecule has 1 unspecified atom stereocenters. The largest absolute Gasteiger partial charge is 0.440 e. The number of alkyl carbamates (subject to hydrolysis) is 1. The van der Waals surface area contributed by atoms with Crippen molar-refractivity contribution >= 4 is 60.8 Å². The average molecular weight is 912 g/mol. The van der Waals surface area contributed by atoms with Crippen molar-refractivity contribution in [1.29, 1.82) is 10.5 Å². The van der Waals surface area contributed by atoms with Gasteiger partial charge in [0.2, 0.25) is 19.7 Å². The SMILES string of the molecule is CNC(=O)OC(c1cc(-c2cccnc2C#N)c(S(=O)(=O)c2cccc(F)c2)s1)C(C)(C)C.CNCc1cc(-c2cccnc2C#N)c(S(=O)(=O)c2cccc(F)c2)s1.Cl. The van der Waals surface area contributed by atoms with Crippen molar-refractivity contribution in [2.75, 3.05) is 14.1 Å². The molecule has 0 radical (unpaired) electrons. The number of sulfone groups is 2. The van der Waals surface area contributed by atoms with Gasteiger partial charge in [0.05, 0.1) is 9.79 Å². The Morgan fingerprint density at radius 2 is 1.23 bits per heavy atom. The lowest BCUT2D eigenvalue weighted by Gasteiger charge is -2.29. The summed E-state index contributed by atoms with van der Waals surface area (Å²) >= 11 is 2.01. The Bertz CT molecular complexity index is 2830.